The van der Waals surface area contributed by atoms with Crippen molar-refractivity contribution >= 4 is 29.2 Å². The predicted molar refractivity (Wildman–Crippen MR) is 68.5 cm³/mol. The van der Waals surface area contributed by atoms with E-state index in [0.717, 1.165) is 28.5 Å². The Labute approximate surface area is 102 Å². The number of thioether (sulfide) groups is 2. The molecule has 1 aliphatic rings. The molecule has 4 nitrogen and oxygen atoms in total. The fourth-order valence-corrected chi connectivity index (χ4v) is 4.46. The molecule has 0 saturated carbocycles. The maximum absolute atomic E-state index is 6.37. The highest BCUT2D eigenvalue weighted by Gasteiger charge is 2.36. The monoisotopic (exact) mass is 252 g/mol. The maximum Gasteiger partial charge on any atom is 0.154 e. The molecule has 1 fully saturated rings. The van der Waals surface area contributed by atoms with E-state index < -0.39 is 0 Å². The van der Waals surface area contributed by atoms with Crippen LogP contribution in [0.2, 0.25) is 0 Å². The van der Waals surface area contributed by atoms with Crippen LogP contribution in [0.25, 0.3) is 5.65 Å². The van der Waals surface area contributed by atoms with Crippen LogP contribution in [0.15, 0.2) is 18.3 Å². The predicted octanol–water partition coefficient (Wildman–Crippen LogP) is 1.59. The first-order valence-electron chi connectivity index (χ1n) is 5.08. The van der Waals surface area contributed by atoms with Crippen LogP contribution in [0.3, 0.4) is 0 Å². The van der Waals surface area contributed by atoms with Gasteiger partial charge in [-0.25, -0.2) is 9.50 Å². The highest BCUT2D eigenvalue weighted by Crippen LogP contribution is 2.47. The van der Waals surface area contributed by atoms with Gasteiger partial charge in [0.25, 0.3) is 0 Å². The quantitative estimate of drug-likeness (QED) is 0.835. The zero-order valence-electron chi connectivity index (χ0n) is 8.88. The Morgan fingerprint density at radius 2 is 2.12 bits per heavy atom. The van der Waals surface area contributed by atoms with Gasteiger partial charge in [-0.1, -0.05) is 0 Å². The van der Waals surface area contributed by atoms with E-state index >= 15 is 0 Å². The molecule has 3 rings (SSSR count). The summed E-state index contributed by atoms with van der Waals surface area (Å²) in [5, 5.41) is 4.47. The molecule has 0 unspecified atom stereocenters. The van der Waals surface area contributed by atoms with E-state index in [1.165, 1.54) is 0 Å². The van der Waals surface area contributed by atoms with E-state index in [2.05, 4.69) is 10.1 Å². The summed E-state index contributed by atoms with van der Waals surface area (Å²) in [6, 6.07) is 3.93. The Morgan fingerprint density at radius 3 is 2.88 bits per heavy atom. The summed E-state index contributed by atoms with van der Waals surface area (Å²) in [5.74, 6) is 2.17. The van der Waals surface area contributed by atoms with Gasteiger partial charge in [0.1, 0.15) is 5.69 Å². The van der Waals surface area contributed by atoms with Gasteiger partial charge in [0.15, 0.2) is 9.85 Å². The van der Waals surface area contributed by atoms with Crippen molar-refractivity contribution in [3.05, 3.63) is 29.7 Å². The first kappa shape index (κ1) is 10.4. The Morgan fingerprint density at radius 1 is 1.38 bits per heavy atom. The minimum absolute atomic E-state index is 0.389. The second-order valence-corrected chi connectivity index (χ2v) is 6.69. The number of hydrogen-bond donors (Lipinski definition) is 1. The third kappa shape index (κ3) is 1.52. The van der Waals surface area contributed by atoms with Crippen LogP contribution in [-0.4, -0.2) is 26.1 Å². The van der Waals surface area contributed by atoms with Crippen molar-refractivity contribution in [2.24, 2.45) is 5.73 Å². The van der Waals surface area contributed by atoms with Crippen LogP contribution in [0.5, 0.6) is 0 Å². The van der Waals surface area contributed by atoms with E-state index in [-0.39, 0.29) is 4.20 Å². The van der Waals surface area contributed by atoms with Crippen LogP contribution in [0.1, 0.15) is 11.4 Å². The molecule has 2 aromatic rings. The summed E-state index contributed by atoms with van der Waals surface area (Å²) in [7, 11) is 0. The zero-order chi connectivity index (χ0) is 11.2. The van der Waals surface area contributed by atoms with Crippen molar-refractivity contribution in [1.82, 2.24) is 14.6 Å². The minimum atomic E-state index is -0.389. The summed E-state index contributed by atoms with van der Waals surface area (Å²) in [6.07, 6.45) is 1.84. The smallest absolute Gasteiger partial charge is 0.154 e. The maximum atomic E-state index is 6.37. The van der Waals surface area contributed by atoms with Gasteiger partial charge in [-0.15, -0.1) is 23.5 Å². The van der Waals surface area contributed by atoms with Gasteiger partial charge in [-0.3, -0.25) is 0 Å². The van der Waals surface area contributed by atoms with Crippen molar-refractivity contribution in [3.8, 4) is 0 Å². The molecule has 6 heteroatoms. The molecule has 0 aromatic carbocycles. The average Bonchev–Trinajstić information content (AvgIpc) is 2.84. The topological polar surface area (TPSA) is 56.2 Å². The van der Waals surface area contributed by atoms with Crippen molar-refractivity contribution in [1.29, 1.82) is 0 Å². The minimum Gasteiger partial charge on any atom is -0.303 e. The molecule has 2 N–H and O–H groups in total. The number of imidazole rings is 1. The number of fused-ring (bicyclic) bond motifs is 1. The first-order valence-corrected chi connectivity index (χ1v) is 7.05. The number of aryl methyl sites for hydroxylation is 1. The van der Waals surface area contributed by atoms with Gasteiger partial charge in [0.05, 0.1) is 11.9 Å². The highest BCUT2D eigenvalue weighted by atomic mass is 32.2. The Bertz CT molecular complexity index is 531. The molecule has 16 heavy (non-hydrogen) atoms. The third-order valence-electron chi connectivity index (χ3n) is 2.57. The van der Waals surface area contributed by atoms with Crippen LogP contribution in [-0.2, 0) is 4.20 Å². The molecule has 0 radical (unpaired) electrons. The number of rotatable bonds is 1. The summed E-state index contributed by atoms with van der Waals surface area (Å²) >= 11 is 3.53. The second-order valence-electron chi connectivity index (χ2n) is 3.75. The van der Waals surface area contributed by atoms with Gasteiger partial charge in [-0.2, -0.15) is 5.10 Å². The molecule has 0 aliphatic carbocycles. The molecule has 0 bridgehead atoms. The highest BCUT2D eigenvalue weighted by molar-refractivity contribution is 8.20. The van der Waals surface area contributed by atoms with E-state index in [1.54, 1.807) is 23.5 Å². The van der Waals surface area contributed by atoms with Crippen molar-refractivity contribution in [2.45, 2.75) is 11.1 Å². The van der Waals surface area contributed by atoms with Gasteiger partial charge in [-0.05, 0) is 19.1 Å². The standard InChI is InChI=1S/C10H12N4S2/c1-7-2-3-9-12-6-8(14(9)13-7)10(11)15-4-5-16-10/h2-3,6H,4-5,11H2,1H3. The lowest BCUT2D eigenvalue weighted by Gasteiger charge is -2.20. The largest absolute Gasteiger partial charge is 0.303 e. The van der Waals surface area contributed by atoms with Crippen LogP contribution in [0, 0.1) is 6.92 Å². The second kappa shape index (κ2) is 3.65. The number of hydrogen-bond acceptors (Lipinski definition) is 5. The van der Waals surface area contributed by atoms with Crippen molar-refractivity contribution in [2.75, 3.05) is 11.5 Å². The number of aromatic nitrogens is 3. The fourth-order valence-electron chi connectivity index (χ4n) is 1.78. The fraction of sp³-hybridized carbons (Fsp3) is 0.400. The lowest BCUT2D eigenvalue weighted by atomic mass is 10.4. The molecule has 0 amide bonds. The van der Waals surface area contributed by atoms with E-state index in [9.17, 15) is 0 Å². The third-order valence-corrected chi connectivity index (χ3v) is 5.63. The van der Waals surface area contributed by atoms with Gasteiger partial charge in [0, 0.05) is 11.5 Å². The van der Waals surface area contributed by atoms with Gasteiger partial charge >= 0.3 is 0 Å². The van der Waals surface area contributed by atoms with Gasteiger partial charge < -0.3 is 5.73 Å². The molecule has 1 aliphatic heterocycles. The van der Waals surface area contributed by atoms with Gasteiger partial charge in [0.2, 0.25) is 0 Å². The summed E-state index contributed by atoms with van der Waals surface area (Å²) < 4.78 is 1.47. The average molecular weight is 252 g/mol. The van der Waals surface area contributed by atoms with E-state index in [0.29, 0.717) is 0 Å². The number of nitrogens with zero attached hydrogens (tertiary/aromatic N) is 3. The molecule has 1 saturated heterocycles. The van der Waals surface area contributed by atoms with Crippen LogP contribution >= 0.6 is 23.5 Å². The zero-order valence-corrected chi connectivity index (χ0v) is 10.5. The lowest BCUT2D eigenvalue weighted by molar-refractivity contribution is 0.791. The van der Waals surface area contributed by atoms with E-state index in [4.69, 9.17) is 5.73 Å². The summed E-state index contributed by atoms with van der Waals surface area (Å²) in [4.78, 5) is 4.34. The molecular weight excluding hydrogens is 240 g/mol. The van der Waals surface area contributed by atoms with Crippen LogP contribution in [0.4, 0.5) is 0 Å². The summed E-state index contributed by atoms with van der Waals surface area (Å²) in [5.41, 5.74) is 9.19. The molecule has 2 aromatic heterocycles. The Hall–Kier alpha value is -0.720. The van der Waals surface area contributed by atoms with Crippen LogP contribution < -0.4 is 5.73 Å². The number of nitrogens with two attached hydrogens (primary N) is 1. The normalized spacial score (nSPS) is 19.4. The summed E-state index contributed by atoms with van der Waals surface area (Å²) in [6.45, 7) is 1.97. The molecular formula is C10H12N4S2. The van der Waals surface area contributed by atoms with Crippen molar-refractivity contribution < 1.29 is 0 Å². The first-order chi connectivity index (χ1) is 7.69. The molecule has 0 atom stereocenters. The molecule has 0 spiro atoms. The SMILES string of the molecule is Cc1ccc2ncc(C3(N)SCCS3)n2n1. The van der Waals surface area contributed by atoms with Crippen molar-refractivity contribution in [3.63, 3.8) is 0 Å². The molecule has 3 heterocycles. The Balaban J connectivity index is 2.19. The molecule has 84 valence electrons. The lowest BCUT2D eigenvalue weighted by Crippen LogP contribution is -2.28. The Kier molecular flexibility index (Phi) is 2.38. The van der Waals surface area contributed by atoms with E-state index in [1.807, 2.05) is 29.8 Å².